The Balaban J connectivity index is 2.09. The molecule has 0 radical (unpaired) electrons. The Morgan fingerprint density at radius 1 is 1.04 bits per heavy atom. The molecule has 120 valence electrons. The molecule has 1 unspecified atom stereocenters. The van der Waals surface area contributed by atoms with Gasteiger partial charge < -0.3 is 5.32 Å². The van der Waals surface area contributed by atoms with E-state index in [9.17, 15) is 13.2 Å². The molecule has 2 aromatic rings. The van der Waals surface area contributed by atoms with E-state index in [0.717, 1.165) is 0 Å². The van der Waals surface area contributed by atoms with E-state index in [0.29, 0.717) is 5.56 Å². The topological polar surface area (TPSA) is 66.5 Å². The van der Waals surface area contributed by atoms with E-state index in [-0.39, 0.29) is 28.9 Å². The highest BCUT2D eigenvalue weighted by Gasteiger charge is 2.40. The number of sulfonamides is 1. The summed E-state index contributed by atoms with van der Waals surface area (Å²) >= 11 is 6.05. The van der Waals surface area contributed by atoms with Crippen LogP contribution in [0.1, 0.15) is 11.6 Å². The van der Waals surface area contributed by atoms with Crippen molar-refractivity contribution < 1.29 is 13.2 Å². The van der Waals surface area contributed by atoms with Gasteiger partial charge in [-0.1, -0.05) is 54.1 Å². The van der Waals surface area contributed by atoms with Gasteiger partial charge in [0.2, 0.25) is 15.9 Å². The summed E-state index contributed by atoms with van der Waals surface area (Å²) in [4.78, 5) is 12.3. The third-order valence-electron chi connectivity index (χ3n) is 3.71. The van der Waals surface area contributed by atoms with Crippen LogP contribution in [0.4, 0.5) is 0 Å². The molecular formula is C16H15ClN2O3S. The summed E-state index contributed by atoms with van der Waals surface area (Å²) in [5.74, 6) is -0.335. The monoisotopic (exact) mass is 350 g/mol. The van der Waals surface area contributed by atoms with Gasteiger partial charge in [0.15, 0.2) is 0 Å². The average molecular weight is 351 g/mol. The first kappa shape index (κ1) is 16.0. The van der Waals surface area contributed by atoms with Gasteiger partial charge >= 0.3 is 0 Å². The fourth-order valence-corrected chi connectivity index (χ4v) is 4.71. The van der Waals surface area contributed by atoms with Crippen LogP contribution in [-0.2, 0) is 14.8 Å². The van der Waals surface area contributed by atoms with E-state index in [4.69, 9.17) is 11.6 Å². The van der Waals surface area contributed by atoms with E-state index in [1.54, 1.807) is 36.4 Å². The molecule has 1 heterocycles. The van der Waals surface area contributed by atoms with Crippen LogP contribution in [0.3, 0.4) is 0 Å². The van der Waals surface area contributed by atoms with Crippen molar-refractivity contribution in [3.8, 4) is 0 Å². The maximum atomic E-state index is 13.0. The lowest BCUT2D eigenvalue weighted by Crippen LogP contribution is -2.52. The first-order chi connectivity index (χ1) is 11.0. The van der Waals surface area contributed by atoms with E-state index in [1.165, 1.54) is 16.4 Å². The zero-order valence-electron chi connectivity index (χ0n) is 12.1. The molecule has 7 heteroatoms. The number of nitrogens with zero attached hydrogens (tertiary/aromatic N) is 1. The number of carbonyl (C=O) groups excluding carboxylic acids is 1. The molecule has 23 heavy (non-hydrogen) atoms. The maximum absolute atomic E-state index is 13.0. The van der Waals surface area contributed by atoms with Crippen LogP contribution in [0, 0.1) is 0 Å². The Morgan fingerprint density at radius 3 is 2.39 bits per heavy atom. The molecule has 5 nitrogen and oxygen atoms in total. The molecule has 1 amide bonds. The molecular weight excluding hydrogens is 336 g/mol. The number of hydrogen-bond acceptors (Lipinski definition) is 3. The van der Waals surface area contributed by atoms with E-state index in [1.807, 2.05) is 6.07 Å². The Labute approximate surface area is 139 Å². The number of amides is 1. The van der Waals surface area contributed by atoms with Crippen LogP contribution < -0.4 is 5.32 Å². The molecule has 1 fully saturated rings. The first-order valence-electron chi connectivity index (χ1n) is 7.11. The third-order valence-corrected chi connectivity index (χ3v) is 6.07. The Bertz CT molecular complexity index is 824. The largest absolute Gasteiger partial charge is 0.353 e. The lowest BCUT2D eigenvalue weighted by molar-refractivity contribution is -0.126. The minimum Gasteiger partial charge on any atom is -0.353 e. The second kappa shape index (κ2) is 6.31. The predicted octanol–water partition coefficient (Wildman–Crippen LogP) is 2.20. The van der Waals surface area contributed by atoms with Crippen molar-refractivity contribution in [2.75, 3.05) is 13.1 Å². The highest BCUT2D eigenvalue weighted by Crippen LogP contribution is 2.32. The highest BCUT2D eigenvalue weighted by molar-refractivity contribution is 7.89. The van der Waals surface area contributed by atoms with E-state index in [2.05, 4.69) is 5.32 Å². The first-order valence-corrected chi connectivity index (χ1v) is 8.92. The summed E-state index contributed by atoms with van der Waals surface area (Å²) in [6.07, 6.45) is 0. The van der Waals surface area contributed by atoms with Gasteiger partial charge in [0.25, 0.3) is 0 Å². The minimum absolute atomic E-state index is 0.0114. The van der Waals surface area contributed by atoms with Crippen molar-refractivity contribution in [3.63, 3.8) is 0 Å². The van der Waals surface area contributed by atoms with Crippen LogP contribution in [0.25, 0.3) is 0 Å². The fourth-order valence-electron chi connectivity index (χ4n) is 2.64. The van der Waals surface area contributed by atoms with Crippen LogP contribution in [0.5, 0.6) is 0 Å². The molecule has 1 atom stereocenters. The van der Waals surface area contributed by atoms with Crippen molar-refractivity contribution in [2.24, 2.45) is 0 Å². The number of benzene rings is 2. The number of carbonyl (C=O) groups is 1. The van der Waals surface area contributed by atoms with Crippen LogP contribution >= 0.6 is 11.6 Å². The molecule has 0 bridgehead atoms. The smallest absolute Gasteiger partial charge is 0.245 e. The van der Waals surface area contributed by atoms with Gasteiger partial charge in [0, 0.05) is 13.1 Å². The Kier molecular flexibility index (Phi) is 4.39. The number of halogens is 1. The predicted molar refractivity (Wildman–Crippen MR) is 87.5 cm³/mol. The highest BCUT2D eigenvalue weighted by atomic mass is 35.5. The van der Waals surface area contributed by atoms with Crippen molar-refractivity contribution in [2.45, 2.75) is 10.9 Å². The minimum atomic E-state index is -3.88. The molecule has 1 saturated heterocycles. The normalized spacial score (nSPS) is 19.3. The number of rotatable bonds is 3. The quantitative estimate of drug-likeness (QED) is 0.922. The van der Waals surface area contributed by atoms with Gasteiger partial charge in [-0.25, -0.2) is 8.42 Å². The SMILES string of the molecule is O=C1NCCN(S(=O)(=O)c2ccccc2Cl)C1c1ccccc1. The molecule has 1 aliphatic heterocycles. The maximum Gasteiger partial charge on any atom is 0.245 e. The summed E-state index contributed by atoms with van der Waals surface area (Å²) in [6, 6.07) is 14.2. The van der Waals surface area contributed by atoms with Crippen molar-refractivity contribution >= 4 is 27.5 Å². The average Bonchev–Trinajstić information content (AvgIpc) is 2.55. The van der Waals surface area contributed by atoms with E-state index < -0.39 is 16.1 Å². The molecule has 3 rings (SSSR count). The zero-order chi connectivity index (χ0) is 16.4. The second-order valence-corrected chi connectivity index (χ2v) is 7.42. The molecule has 0 aromatic heterocycles. The molecule has 0 spiro atoms. The van der Waals surface area contributed by atoms with Crippen LogP contribution in [0.2, 0.25) is 5.02 Å². The van der Waals surface area contributed by atoms with Gasteiger partial charge in [-0.05, 0) is 17.7 Å². The zero-order valence-corrected chi connectivity index (χ0v) is 13.7. The standard InChI is InChI=1S/C16H15ClN2O3S/c17-13-8-4-5-9-14(13)23(21,22)19-11-10-18-16(20)15(19)12-6-2-1-3-7-12/h1-9,15H,10-11H2,(H,18,20). The Morgan fingerprint density at radius 2 is 1.70 bits per heavy atom. The van der Waals surface area contributed by atoms with Crippen molar-refractivity contribution in [1.29, 1.82) is 0 Å². The van der Waals surface area contributed by atoms with Crippen molar-refractivity contribution in [1.82, 2.24) is 9.62 Å². The molecule has 0 saturated carbocycles. The van der Waals surface area contributed by atoms with Gasteiger partial charge in [-0.2, -0.15) is 4.31 Å². The van der Waals surface area contributed by atoms with Gasteiger partial charge in [0.05, 0.1) is 5.02 Å². The number of hydrogen-bond donors (Lipinski definition) is 1. The van der Waals surface area contributed by atoms with Crippen molar-refractivity contribution in [3.05, 3.63) is 65.2 Å². The van der Waals surface area contributed by atoms with Gasteiger partial charge in [-0.3, -0.25) is 4.79 Å². The second-order valence-electron chi connectivity index (χ2n) is 5.15. The molecule has 1 aliphatic rings. The summed E-state index contributed by atoms with van der Waals surface area (Å²) in [6.45, 7) is 0.463. The van der Waals surface area contributed by atoms with Crippen LogP contribution in [-0.4, -0.2) is 31.7 Å². The molecule has 2 aromatic carbocycles. The van der Waals surface area contributed by atoms with Gasteiger partial charge in [-0.15, -0.1) is 0 Å². The number of nitrogens with one attached hydrogen (secondary N) is 1. The summed E-state index contributed by atoms with van der Waals surface area (Å²) in [5.41, 5.74) is 0.625. The lowest BCUT2D eigenvalue weighted by Gasteiger charge is -2.34. The molecule has 0 aliphatic carbocycles. The van der Waals surface area contributed by atoms with E-state index >= 15 is 0 Å². The van der Waals surface area contributed by atoms with Crippen LogP contribution in [0.15, 0.2) is 59.5 Å². The van der Waals surface area contributed by atoms with Gasteiger partial charge in [0.1, 0.15) is 10.9 Å². The molecule has 1 N–H and O–H groups in total. The summed E-state index contributed by atoms with van der Waals surface area (Å²) in [5, 5.41) is 2.86. The Hall–Kier alpha value is -1.89. The fraction of sp³-hybridized carbons (Fsp3) is 0.188. The number of piperazine rings is 1. The summed E-state index contributed by atoms with van der Waals surface area (Å²) < 4.78 is 27.2. The summed E-state index contributed by atoms with van der Waals surface area (Å²) in [7, 11) is -3.88. The third kappa shape index (κ3) is 2.97. The lowest BCUT2D eigenvalue weighted by atomic mass is 10.1.